The monoisotopic (exact) mass is 382 g/mol. The van der Waals surface area contributed by atoms with Gasteiger partial charge in [-0.15, -0.1) is 0 Å². The first kappa shape index (κ1) is 17.7. The minimum atomic E-state index is -1.22. The minimum Gasteiger partial charge on any atom is -0.505 e. The fourth-order valence-corrected chi connectivity index (χ4v) is 3.24. The molecule has 2 aromatic rings. The van der Waals surface area contributed by atoms with Crippen molar-refractivity contribution >= 4 is 16.9 Å². The Balaban J connectivity index is 2.26. The maximum atomic E-state index is 14.1. The molecule has 0 saturated carbocycles. The van der Waals surface area contributed by atoms with Crippen molar-refractivity contribution < 1.29 is 28.2 Å². The van der Waals surface area contributed by atoms with E-state index in [1.54, 1.807) is 13.0 Å². The largest absolute Gasteiger partial charge is 0.505 e. The van der Waals surface area contributed by atoms with Gasteiger partial charge < -0.3 is 14.6 Å². The molecule has 4 rings (SSSR count). The van der Waals surface area contributed by atoms with E-state index in [-0.39, 0.29) is 39.0 Å². The van der Waals surface area contributed by atoms with Crippen molar-refractivity contribution in [2.45, 2.75) is 6.92 Å². The number of fused-ring (bicyclic) bond motifs is 2. The van der Waals surface area contributed by atoms with Gasteiger partial charge in [0, 0.05) is 28.6 Å². The van der Waals surface area contributed by atoms with E-state index in [4.69, 9.17) is 4.42 Å². The predicted molar refractivity (Wildman–Crippen MR) is 97.8 cm³/mol. The summed E-state index contributed by atoms with van der Waals surface area (Å²) in [6, 6.07) is 8.51. The Bertz CT molecular complexity index is 1310. The molecule has 0 atom stereocenters. The maximum Gasteiger partial charge on any atom is 0.336 e. The standard InChI is InChI=1S/C21H12F2O5/c1-9-2-3-10(11(4-9)21(26)27)20-12-5-14(22)16(24)7-18(12)28-19-8-17(25)15(23)6-13(19)20/h2-8,24H,1H3,(H,26,27). The third-order valence-corrected chi connectivity index (χ3v) is 4.52. The van der Waals surface area contributed by atoms with Crippen LogP contribution in [0.1, 0.15) is 15.9 Å². The van der Waals surface area contributed by atoms with E-state index in [0.29, 0.717) is 5.56 Å². The van der Waals surface area contributed by atoms with Crippen LogP contribution in [0.4, 0.5) is 8.78 Å². The van der Waals surface area contributed by atoms with E-state index in [1.165, 1.54) is 12.1 Å². The van der Waals surface area contributed by atoms with Gasteiger partial charge in [0.25, 0.3) is 0 Å². The summed E-state index contributed by atoms with van der Waals surface area (Å²) >= 11 is 0. The van der Waals surface area contributed by atoms with Crippen molar-refractivity contribution in [3.8, 4) is 28.2 Å². The molecule has 28 heavy (non-hydrogen) atoms. The molecule has 5 nitrogen and oxygen atoms in total. The average Bonchev–Trinajstić information content (AvgIpc) is 2.63. The second-order valence-electron chi connectivity index (χ2n) is 6.41. The number of rotatable bonds is 2. The molecule has 0 radical (unpaired) electrons. The fraction of sp³-hybridized carbons (Fsp3) is 0.0476. The molecule has 0 aromatic heterocycles. The topological polar surface area (TPSA) is 87.7 Å². The maximum absolute atomic E-state index is 14.1. The summed E-state index contributed by atoms with van der Waals surface area (Å²) in [6.07, 6.45) is 0. The predicted octanol–water partition coefficient (Wildman–Crippen LogP) is 4.56. The van der Waals surface area contributed by atoms with Gasteiger partial charge in [-0.05, 0) is 30.7 Å². The number of aryl methyl sites for hydroxylation is 1. The lowest BCUT2D eigenvalue weighted by molar-refractivity contribution is 0.0697. The van der Waals surface area contributed by atoms with Crippen molar-refractivity contribution in [2.24, 2.45) is 0 Å². The van der Waals surface area contributed by atoms with Crippen LogP contribution in [0.25, 0.3) is 33.4 Å². The van der Waals surface area contributed by atoms with Gasteiger partial charge in [0.15, 0.2) is 17.4 Å². The lowest BCUT2D eigenvalue weighted by Crippen LogP contribution is -2.07. The third kappa shape index (κ3) is 2.68. The van der Waals surface area contributed by atoms with E-state index in [9.17, 15) is 28.6 Å². The molecule has 2 N–H and O–H groups in total. The Morgan fingerprint density at radius 1 is 1.00 bits per heavy atom. The Hall–Kier alpha value is -3.74. The van der Waals surface area contributed by atoms with Gasteiger partial charge in [-0.1, -0.05) is 17.7 Å². The van der Waals surface area contributed by atoms with Crippen LogP contribution in [0.3, 0.4) is 0 Å². The van der Waals surface area contributed by atoms with Crippen molar-refractivity contribution in [3.05, 3.63) is 75.4 Å². The summed E-state index contributed by atoms with van der Waals surface area (Å²) in [5.74, 6) is -3.91. The van der Waals surface area contributed by atoms with Crippen molar-refractivity contribution in [1.82, 2.24) is 0 Å². The summed E-state index contributed by atoms with van der Waals surface area (Å²) in [5, 5.41) is 19.4. The van der Waals surface area contributed by atoms with E-state index < -0.39 is 28.8 Å². The van der Waals surface area contributed by atoms with Crippen molar-refractivity contribution in [3.63, 3.8) is 0 Å². The number of carboxylic acid groups (broad SMARTS) is 1. The highest BCUT2D eigenvalue weighted by atomic mass is 19.1. The first-order valence-corrected chi connectivity index (χ1v) is 8.19. The van der Waals surface area contributed by atoms with E-state index in [0.717, 1.165) is 24.3 Å². The molecule has 1 aliphatic heterocycles. The quantitative estimate of drug-likeness (QED) is 0.497. The summed E-state index contributed by atoms with van der Waals surface area (Å²) in [4.78, 5) is 23.5. The number of phenolic OH excluding ortho intramolecular Hbond substituents is 1. The van der Waals surface area contributed by atoms with Crippen molar-refractivity contribution in [2.75, 3.05) is 0 Å². The van der Waals surface area contributed by atoms with Gasteiger partial charge in [-0.25, -0.2) is 13.6 Å². The van der Waals surface area contributed by atoms with Crippen LogP contribution in [0.5, 0.6) is 5.75 Å². The molecule has 0 saturated heterocycles. The normalized spacial score (nSPS) is 11.2. The third-order valence-electron chi connectivity index (χ3n) is 4.52. The highest BCUT2D eigenvalue weighted by Gasteiger charge is 2.24. The first-order chi connectivity index (χ1) is 13.3. The molecule has 1 heterocycles. The zero-order valence-corrected chi connectivity index (χ0v) is 14.4. The van der Waals surface area contributed by atoms with Gasteiger partial charge in [-0.2, -0.15) is 0 Å². The molecule has 0 unspecified atom stereocenters. The first-order valence-electron chi connectivity index (χ1n) is 8.19. The SMILES string of the molecule is Cc1ccc(-c2c3cc(F)c(=O)cc-3oc3cc(O)c(F)cc23)c(C(=O)O)c1. The zero-order valence-electron chi connectivity index (χ0n) is 14.4. The van der Waals surface area contributed by atoms with Crippen LogP contribution in [-0.2, 0) is 0 Å². The van der Waals surface area contributed by atoms with Crippen LogP contribution in [0, 0.1) is 18.6 Å². The van der Waals surface area contributed by atoms with Crippen LogP contribution in [-0.4, -0.2) is 16.2 Å². The molecule has 140 valence electrons. The highest BCUT2D eigenvalue weighted by molar-refractivity contribution is 6.07. The number of hydrogen-bond acceptors (Lipinski definition) is 4. The fourth-order valence-electron chi connectivity index (χ4n) is 3.24. The minimum absolute atomic E-state index is 0.0168. The summed E-state index contributed by atoms with van der Waals surface area (Å²) in [6.45, 7) is 1.72. The summed E-state index contributed by atoms with van der Waals surface area (Å²) in [7, 11) is 0. The van der Waals surface area contributed by atoms with Gasteiger partial charge in [0.1, 0.15) is 11.3 Å². The zero-order chi connectivity index (χ0) is 20.2. The molecule has 0 bridgehead atoms. The number of hydrogen-bond donors (Lipinski definition) is 2. The molecular formula is C21H12F2O5. The van der Waals surface area contributed by atoms with Crippen LogP contribution in [0.15, 0.2) is 51.7 Å². The number of aromatic carboxylic acids is 1. The van der Waals surface area contributed by atoms with Crippen LogP contribution < -0.4 is 5.43 Å². The van der Waals surface area contributed by atoms with E-state index >= 15 is 0 Å². The number of benzene rings is 3. The van der Waals surface area contributed by atoms with Gasteiger partial charge in [0.2, 0.25) is 5.43 Å². The molecule has 7 heteroatoms. The summed E-state index contributed by atoms with van der Waals surface area (Å²) in [5.41, 5.74) is 0.222. The molecule has 0 fully saturated rings. The molecule has 2 aliphatic rings. The Morgan fingerprint density at radius 2 is 1.75 bits per heavy atom. The number of aromatic hydroxyl groups is 1. The molecule has 1 aliphatic carbocycles. The lowest BCUT2D eigenvalue weighted by Gasteiger charge is -2.17. The number of halogens is 2. The number of phenols is 1. The molecular weight excluding hydrogens is 370 g/mol. The van der Waals surface area contributed by atoms with E-state index in [2.05, 4.69) is 0 Å². The Kier molecular flexibility index (Phi) is 3.88. The van der Waals surface area contributed by atoms with Crippen LogP contribution in [0.2, 0.25) is 0 Å². The Morgan fingerprint density at radius 3 is 2.46 bits per heavy atom. The molecule has 0 amide bonds. The van der Waals surface area contributed by atoms with Crippen molar-refractivity contribution in [1.29, 1.82) is 0 Å². The smallest absolute Gasteiger partial charge is 0.336 e. The average molecular weight is 382 g/mol. The summed E-state index contributed by atoms with van der Waals surface area (Å²) < 4.78 is 33.7. The molecule has 2 aromatic carbocycles. The number of carbonyl (C=O) groups is 1. The Labute approximate surface area is 156 Å². The highest BCUT2D eigenvalue weighted by Crippen LogP contribution is 2.42. The van der Waals surface area contributed by atoms with Gasteiger partial charge in [0.05, 0.1) is 5.56 Å². The van der Waals surface area contributed by atoms with Gasteiger partial charge >= 0.3 is 5.97 Å². The lowest BCUT2D eigenvalue weighted by atomic mass is 9.90. The second kappa shape index (κ2) is 6.16. The van der Waals surface area contributed by atoms with Crippen LogP contribution >= 0.6 is 0 Å². The van der Waals surface area contributed by atoms with E-state index in [1.807, 2.05) is 0 Å². The van der Waals surface area contributed by atoms with Gasteiger partial charge in [-0.3, -0.25) is 4.79 Å². The number of carboxylic acids is 1. The molecule has 0 spiro atoms. The second-order valence-corrected chi connectivity index (χ2v) is 6.41.